The maximum absolute atomic E-state index is 6.01. The van der Waals surface area contributed by atoms with E-state index in [9.17, 15) is 0 Å². The van der Waals surface area contributed by atoms with Crippen LogP contribution in [-0.2, 0) is 13.5 Å². The van der Waals surface area contributed by atoms with E-state index in [0.717, 1.165) is 11.4 Å². The lowest BCUT2D eigenvalue weighted by molar-refractivity contribution is 0.779. The van der Waals surface area contributed by atoms with Gasteiger partial charge in [-0.3, -0.25) is 4.68 Å². The van der Waals surface area contributed by atoms with Crippen LogP contribution in [0.3, 0.4) is 0 Å². The van der Waals surface area contributed by atoms with Gasteiger partial charge in [0.15, 0.2) is 0 Å². The first-order chi connectivity index (χ1) is 8.25. The first kappa shape index (κ1) is 10.7. The van der Waals surface area contributed by atoms with Gasteiger partial charge < -0.3 is 5.73 Å². The molecule has 88 valence electrons. The smallest absolute Gasteiger partial charge is 0.129 e. The average molecular weight is 245 g/mol. The molecule has 2 heterocycles. The Balaban J connectivity index is 2.07. The van der Waals surface area contributed by atoms with Gasteiger partial charge in [-0.1, -0.05) is 6.07 Å². The van der Waals surface area contributed by atoms with E-state index in [1.54, 1.807) is 4.68 Å². The average Bonchev–Trinajstić information content (AvgIpc) is 2.70. The van der Waals surface area contributed by atoms with Gasteiger partial charge in [0.25, 0.3) is 0 Å². The van der Waals surface area contributed by atoms with E-state index in [4.69, 9.17) is 5.73 Å². The minimum atomic E-state index is 0.730. The predicted octanol–water partition coefficient (Wildman–Crippen LogP) is 2.71. The Morgan fingerprint density at radius 1 is 1.41 bits per heavy atom. The van der Waals surface area contributed by atoms with Crippen LogP contribution in [0.25, 0.3) is 11.1 Å². The summed E-state index contributed by atoms with van der Waals surface area (Å²) in [6.45, 7) is 0. The van der Waals surface area contributed by atoms with Gasteiger partial charge in [-0.05, 0) is 41.9 Å². The summed E-state index contributed by atoms with van der Waals surface area (Å²) < 4.78 is 1.71. The number of hydrogen-bond acceptors (Lipinski definition) is 3. The van der Waals surface area contributed by atoms with E-state index < -0.39 is 0 Å². The third-order valence-electron chi connectivity index (χ3n) is 3.20. The summed E-state index contributed by atoms with van der Waals surface area (Å²) in [6, 6.07) is 6.61. The number of rotatable bonds is 1. The molecule has 0 amide bonds. The number of thioether (sulfide) groups is 1. The molecule has 3 nitrogen and oxygen atoms in total. The second-order valence-corrected chi connectivity index (χ2v) is 5.48. The Bertz CT molecular complexity index is 560. The summed E-state index contributed by atoms with van der Waals surface area (Å²) >= 11 is 1.95. The van der Waals surface area contributed by atoms with Gasteiger partial charge in [0.05, 0.1) is 6.20 Å². The van der Waals surface area contributed by atoms with E-state index >= 15 is 0 Å². The Kier molecular flexibility index (Phi) is 2.59. The quantitative estimate of drug-likeness (QED) is 0.840. The molecule has 1 aliphatic heterocycles. The number of aromatic nitrogens is 2. The fraction of sp³-hybridized carbons (Fsp3) is 0.308. The van der Waals surface area contributed by atoms with Crippen molar-refractivity contribution in [3.63, 3.8) is 0 Å². The molecule has 4 heteroatoms. The van der Waals surface area contributed by atoms with Crippen molar-refractivity contribution in [2.75, 3.05) is 11.5 Å². The standard InChI is InChI=1S/C13H15N3S/c1-16-13(14)11(8-15-16)9-4-5-12-10(7-9)3-2-6-17-12/h4-5,7-8H,2-3,6,14H2,1H3. The van der Waals surface area contributed by atoms with Crippen molar-refractivity contribution >= 4 is 17.6 Å². The molecule has 2 aromatic rings. The largest absolute Gasteiger partial charge is 0.383 e. The molecule has 0 bridgehead atoms. The topological polar surface area (TPSA) is 43.8 Å². The van der Waals surface area contributed by atoms with Gasteiger partial charge in [-0.25, -0.2) is 0 Å². The predicted molar refractivity (Wildman–Crippen MR) is 72.1 cm³/mol. The number of nitrogens with two attached hydrogens (primary N) is 1. The molecular formula is C13H15N3S. The van der Waals surface area contributed by atoms with Crippen molar-refractivity contribution in [2.24, 2.45) is 7.05 Å². The van der Waals surface area contributed by atoms with Gasteiger partial charge in [0.2, 0.25) is 0 Å². The Morgan fingerprint density at radius 3 is 3.06 bits per heavy atom. The zero-order valence-corrected chi connectivity index (χ0v) is 10.6. The van der Waals surface area contributed by atoms with Crippen LogP contribution in [0.5, 0.6) is 0 Å². The summed E-state index contributed by atoms with van der Waals surface area (Å²) in [5, 5.41) is 4.19. The second-order valence-electron chi connectivity index (χ2n) is 4.34. The molecular weight excluding hydrogens is 230 g/mol. The lowest BCUT2D eigenvalue weighted by Gasteiger charge is -2.15. The number of hydrogen-bond donors (Lipinski definition) is 1. The highest BCUT2D eigenvalue weighted by Gasteiger charge is 2.13. The molecule has 0 atom stereocenters. The third-order valence-corrected chi connectivity index (χ3v) is 4.41. The van der Waals surface area contributed by atoms with Crippen LogP contribution in [0.15, 0.2) is 29.3 Å². The molecule has 0 fully saturated rings. The lowest BCUT2D eigenvalue weighted by Crippen LogP contribution is -2.00. The number of nitrogen functional groups attached to an aromatic ring is 1. The monoisotopic (exact) mass is 245 g/mol. The summed E-state index contributed by atoms with van der Waals surface area (Å²) in [7, 11) is 1.87. The van der Waals surface area contributed by atoms with E-state index in [2.05, 4.69) is 23.3 Å². The molecule has 2 N–H and O–H groups in total. The molecule has 0 unspecified atom stereocenters. The number of nitrogens with zero attached hydrogens (tertiary/aromatic N) is 2. The lowest BCUT2D eigenvalue weighted by atomic mass is 10.0. The highest BCUT2D eigenvalue weighted by molar-refractivity contribution is 7.99. The maximum atomic E-state index is 6.01. The summed E-state index contributed by atoms with van der Waals surface area (Å²) in [5.74, 6) is 1.97. The SMILES string of the molecule is Cn1ncc(-c2ccc3c(c2)CCCS3)c1N. The van der Waals surface area contributed by atoms with Crippen molar-refractivity contribution in [1.29, 1.82) is 0 Å². The van der Waals surface area contributed by atoms with Crippen molar-refractivity contribution in [1.82, 2.24) is 9.78 Å². The molecule has 1 aromatic heterocycles. The molecule has 0 spiro atoms. The van der Waals surface area contributed by atoms with Crippen LogP contribution in [0.2, 0.25) is 0 Å². The Morgan fingerprint density at radius 2 is 2.29 bits per heavy atom. The maximum Gasteiger partial charge on any atom is 0.129 e. The number of benzene rings is 1. The molecule has 0 aliphatic carbocycles. The van der Waals surface area contributed by atoms with Gasteiger partial charge in [-0.2, -0.15) is 5.10 Å². The van der Waals surface area contributed by atoms with Crippen LogP contribution in [0.1, 0.15) is 12.0 Å². The summed E-state index contributed by atoms with van der Waals surface area (Å²) in [5.41, 5.74) is 9.66. The Labute approximate surface area is 105 Å². The summed E-state index contributed by atoms with van der Waals surface area (Å²) in [6.07, 6.45) is 4.28. The van der Waals surface area contributed by atoms with E-state index in [0.29, 0.717) is 0 Å². The van der Waals surface area contributed by atoms with E-state index in [-0.39, 0.29) is 0 Å². The fourth-order valence-electron chi connectivity index (χ4n) is 2.20. The van der Waals surface area contributed by atoms with Gasteiger partial charge in [0, 0.05) is 17.5 Å². The second kappa shape index (κ2) is 4.11. The highest BCUT2D eigenvalue weighted by atomic mass is 32.2. The van der Waals surface area contributed by atoms with E-state index in [1.165, 1.54) is 34.6 Å². The van der Waals surface area contributed by atoms with Gasteiger partial charge in [0.1, 0.15) is 5.82 Å². The van der Waals surface area contributed by atoms with Crippen molar-refractivity contribution < 1.29 is 0 Å². The molecule has 0 radical (unpaired) electrons. The zero-order chi connectivity index (χ0) is 11.8. The van der Waals surface area contributed by atoms with Crippen LogP contribution in [-0.4, -0.2) is 15.5 Å². The van der Waals surface area contributed by atoms with Crippen molar-refractivity contribution in [3.05, 3.63) is 30.0 Å². The van der Waals surface area contributed by atoms with Crippen LogP contribution in [0.4, 0.5) is 5.82 Å². The third kappa shape index (κ3) is 1.82. The van der Waals surface area contributed by atoms with Crippen LogP contribution < -0.4 is 5.73 Å². The van der Waals surface area contributed by atoms with Crippen molar-refractivity contribution in [3.8, 4) is 11.1 Å². The first-order valence-corrected chi connectivity index (χ1v) is 6.78. The minimum absolute atomic E-state index is 0.730. The Hall–Kier alpha value is -1.42. The van der Waals surface area contributed by atoms with E-state index in [1.807, 2.05) is 25.0 Å². The number of aryl methyl sites for hydroxylation is 2. The van der Waals surface area contributed by atoms with Crippen LogP contribution in [0, 0.1) is 0 Å². The first-order valence-electron chi connectivity index (χ1n) is 5.79. The fourth-order valence-corrected chi connectivity index (χ4v) is 3.22. The molecule has 17 heavy (non-hydrogen) atoms. The van der Waals surface area contributed by atoms with Crippen LogP contribution >= 0.6 is 11.8 Å². The number of anilines is 1. The molecule has 0 saturated carbocycles. The highest BCUT2D eigenvalue weighted by Crippen LogP contribution is 2.34. The zero-order valence-electron chi connectivity index (χ0n) is 9.81. The molecule has 3 rings (SSSR count). The summed E-state index contributed by atoms with van der Waals surface area (Å²) in [4.78, 5) is 1.42. The normalized spacial score (nSPS) is 14.6. The molecule has 1 aliphatic rings. The minimum Gasteiger partial charge on any atom is -0.383 e. The van der Waals surface area contributed by atoms with Gasteiger partial charge in [-0.15, -0.1) is 11.8 Å². The number of fused-ring (bicyclic) bond motifs is 1. The van der Waals surface area contributed by atoms with Gasteiger partial charge >= 0.3 is 0 Å². The van der Waals surface area contributed by atoms with Crippen molar-refractivity contribution in [2.45, 2.75) is 17.7 Å². The molecule has 1 aromatic carbocycles. The molecule has 0 saturated heterocycles.